The maximum atomic E-state index is 13.3. The monoisotopic (exact) mass is 330 g/mol. The Morgan fingerprint density at radius 2 is 1.74 bits per heavy atom. The largest absolute Gasteiger partial charge is 0.394 e. The summed E-state index contributed by atoms with van der Waals surface area (Å²) in [5.41, 5.74) is 6.76. The summed E-state index contributed by atoms with van der Waals surface area (Å²) in [6, 6.07) is 13.1. The van der Waals surface area contributed by atoms with Crippen LogP contribution in [0.25, 0.3) is 0 Å². The fourth-order valence-electron chi connectivity index (χ4n) is 1.87. The van der Waals surface area contributed by atoms with E-state index in [1.165, 1.54) is 24.2 Å². The molecule has 2 aromatic carbocycles. The Balaban J connectivity index is 1.86. The van der Waals surface area contributed by atoms with Gasteiger partial charge in [0.25, 0.3) is 0 Å². The normalized spacial score (nSPS) is 10.5. The number of halogens is 2. The van der Waals surface area contributed by atoms with Crippen molar-refractivity contribution in [3.05, 3.63) is 66.5 Å². The van der Waals surface area contributed by atoms with E-state index in [2.05, 4.69) is 15.3 Å². The molecule has 0 atom stereocenters. The molecule has 4 nitrogen and oxygen atoms in total. The lowest BCUT2D eigenvalue weighted by Crippen LogP contribution is -2.02. The fraction of sp³-hybridized carbons (Fsp3) is 0. The number of anilines is 3. The molecule has 23 heavy (non-hydrogen) atoms. The van der Waals surface area contributed by atoms with E-state index in [-0.39, 0.29) is 0 Å². The van der Waals surface area contributed by atoms with Crippen LogP contribution in [0.1, 0.15) is 0 Å². The number of aromatic nitrogens is 2. The van der Waals surface area contributed by atoms with Gasteiger partial charge in [0.1, 0.15) is 17.0 Å². The van der Waals surface area contributed by atoms with Crippen molar-refractivity contribution in [2.24, 2.45) is 0 Å². The highest BCUT2D eigenvalue weighted by molar-refractivity contribution is 7.99. The molecule has 1 aromatic heterocycles. The van der Waals surface area contributed by atoms with Crippen LogP contribution < -0.4 is 11.1 Å². The molecule has 3 aromatic rings. The molecule has 3 N–H and O–H groups in total. The predicted molar refractivity (Wildman–Crippen MR) is 86.7 cm³/mol. The van der Waals surface area contributed by atoms with Gasteiger partial charge >= 0.3 is 0 Å². The number of nitrogen functional groups attached to an aromatic ring is 1. The minimum atomic E-state index is -0.943. The highest BCUT2D eigenvalue weighted by Crippen LogP contribution is 2.33. The number of benzene rings is 2. The third-order valence-electron chi connectivity index (χ3n) is 2.99. The summed E-state index contributed by atoms with van der Waals surface area (Å²) < 4.78 is 26.2. The van der Waals surface area contributed by atoms with Gasteiger partial charge in [0.15, 0.2) is 17.5 Å². The summed E-state index contributed by atoms with van der Waals surface area (Å²) in [5, 5.41) is 3.45. The Morgan fingerprint density at radius 3 is 2.48 bits per heavy atom. The standard InChI is InChI=1S/C16H12F2N4S/c17-12-7-6-10(8-13(12)18)22-15-14(19)16(21-9-20-15)23-11-4-2-1-3-5-11/h1-9H,19H2,(H,20,21,22). The summed E-state index contributed by atoms with van der Waals surface area (Å²) in [7, 11) is 0. The molecule has 0 aliphatic heterocycles. The van der Waals surface area contributed by atoms with Crippen molar-refractivity contribution in [3.8, 4) is 0 Å². The Bertz CT molecular complexity index is 828. The molecule has 0 fully saturated rings. The predicted octanol–water partition coefficient (Wildman–Crippen LogP) is 4.23. The number of nitrogens with one attached hydrogen (secondary N) is 1. The molecule has 0 amide bonds. The summed E-state index contributed by atoms with van der Waals surface area (Å²) in [6.07, 6.45) is 1.36. The molecule has 0 unspecified atom stereocenters. The molecule has 0 aliphatic rings. The van der Waals surface area contributed by atoms with Crippen LogP contribution in [-0.2, 0) is 0 Å². The Kier molecular flexibility index (Phi) is 4.38. The van der Waals surface area contributed by atoms with Crippen molar-refractivity contribution in [1.82, 2.24) is 9.97 Å². The van der Waals surface area contributed by atoms with Gasteiger partial charge in [-0.1, -0.05) is 30.0 Å². The lowest BCUT2D eigenvalue weighted by atomic mass is 10.3. The minimum Gasteiger partial charge on any atom is -0.394 e. The van der Waals surface area contributed by atoms with Gasteiger partial charge in [-0.15, -0.1) is 0 Å². The first-order valence-electron chi connectivity index (χ1n) is 6.69. The Labute approximate surface area is 135 Å². The molecule has 7 heteroatoms. The summed E-state index contributed by atoms with van der Waals surface area (Å²) in [4.78, 5) is 9.19. The molecular formula is C16H12F2N4S. The molecule has 0 aliphatic carbocycles. The molecular weight excluding hydrogens is 318 g/mol. The minimum absolute atomic E-state index is 0.337. The lowest BCUT2D eigenvalue weighted by Gasteiger charge is -2.11. The van der Waals surface area contributed by atoms with E-state index in [1.54, 1.807) is 0 Å². The van der Waals surface area contributed by atoms with Crippen LogP contribution in [0, 0.1) is 11.6 Å². The van der Waals surface area contributed by atoms with Gasteiger partial charge in [-0.05, 0) is 24.3 Å². The van der Waals surface area contributed by atoms with Gasteiger partial charge in [0, 0.05) is 16.6 Å². The van der Waals surface area contributed by atoms with Crippen molar-refractivity contribution < 1.29 is 8.78 Å². The summed E-state index contributed by atoms with van der Waals surface area (Å²) in [5.74, 6) is -1.52. The van der Waals surface area contributed by atoms with Gasteiger partial charge in [0.2, 0.25) is 0 Å². The smallest absolute Gasteiger partial charge is 0.160 e. The Hall–Kier alpha value is -2.67. The number of rotatable bonds is 4. The van der Waals surface area contributed by atoms with Gasteiger partial charge in [0.05, 0.1) is 0 Å². The van der Waals surface area contributed by atoms with E-state index in [0.717, 1.165) is 17.0 Å². The third-order valence-corrected chi connectivity index (χ3v) is 4.01. The van der Waals surface area contributed by atoms with Crippen LogP contribution in [0.4, 0.5) is 26.0 Å². The lowest BCUT2D eigenvalue weighted by molar-refractivity contribution is 0.509. The second-order valence-electron chi connectivity index (χ2n) is 4.61. The summed E-state index contributed by atoms with van der Waals surface area (Å²) in [6.45, 7) is 0. The van der Waals surface area contributed by atoms with Crippen molar-refractivity contribution in [3.63, 3.8) is 0 Å². The fourth-order valence-corrected chi connectivity index (χ4v) is 2.69. The first-order chi connectivity index (χ1) is 11.1. The van der Waals surface area contributed by atoms with Crippen molar-refractivity contribution in [1.29, 1.82) is 0 Å². The third kappa shape index (κ3) is 3.57. The van der Waals surface area contributed by atoms with Crippen molar-refractivity contribution >= 4 is 29.0 Å². The Morgan fingerprint density at radius 1 is 0.957 bits per heavy atom. The maximum absolute atomic E-state index is 13.3. The maximum Gasteiger partial charge on any atom is 0.160 e. The molecule has 3 rings (SSSR count). The van der Waals surface area contributed by atoms with Crippen LogP contribution >= 0.6 is 11.8 Å². The highest BCUT2D eigenvalue weighted by Gasteiger charge is 2.11. The molecule has 116 valence electrons. The first kappa shape index (κ1) is 15.2. The molecule has 0 saturated carbocycles. The van der Waals surface area contributed by atoms with E-state index >= 15 is 0 Å². The zero-order valence-electron chi connectivity index (χ0n) is 11.8. The SMILES string of the molecule is Nc1c(Nc2ccc(F)c(F)c2)ncnc1Sc1ccccc1. The second-order valence-corrected chi connectivity index (χ2v) is 5.67. The molecule has 0 bridgehead atoms. The van der Waals surface area contributed by atoms with Gasteiger partial charge in [-0.2, -0.15) is 0 Å². The van der Waals surface area contributed by atoms with Crippen molar-refractivity contribution in [2.75, 3.05) is 11.1 Å². The van der Waals surface area contributed by atoms with E-state index in [0.29, 0.717) is 22.2 Å². The second kappa shape index (κ2) is 6.62. The average molecular weight is 330 g/mol. The molecule has 0 spiro atoms. The van der Waals surface area contributed by atoms with Crippen LogP contribution in [0.2, 0.25) is 0 Å². The van der Waals surface area contributed by atoms with Crippen LogP contribution in [0.3, 0.4) is 0 Å². The van der Waals surface area contributed by atoms with Crippen LogP contribution in [0.5, 0.6) is 0 Å². The molecule has 0 saturated heterocycles. The van der Waals surface area contributed by atoms with E-state index in [1.807, 2.05) is 30.3 Å². The zero-order chi connectivity index (χ0) is 16.2. The number of nitrogens with zero attached hydrogens (tertiary/aromatic N) is 2. The molecule has 1 heterocycles. The topological polar surface area (TPSA) is 63.8 Å². The highest BCUT2D eigenvalue weighted by atomic mass is 32.2. The number of hydrogen-bond donors (Lipinski definition) is 2. The van der Waals surface area contributed by atoms with Crippen LogP contribution in [-0.4, -0.2) is 9.97 Å². The quantitative estimate of drug-likeness (QED) is 0.701. The number of hydrogen-bond acceptors (Lipinski definition) is 5. The zero-order valence-corrected chi connectivity index (χ0v) is 12.6. The number of nitrogens with two attached hydrogens (primary N) is 1. The first-order valence-corrected chi connectivity index (χ1v) is 7.50. The van der Waals surface area contributed by atoms with E-state index < -0.39 is 11.6 Å². The average Bonchev–Trinajstić information content (AvgIpc) is 2.56. The van der Waals surface area contributed by atoms with Crippen molar-refractivity contribution in [2.45, 2.75) is 9.92 Å². The van der Waals surface area contributed by atoms with E-state index in [9.17, 15) is 8.78 Å². The van der Waals surface area contributed by atoms with Gasteiger partial charge < -0.3 is 11.1 Å². The van der Waals surface area contributed by atoms with Crippen LogP contribution in [0.15, 0.2) is 64.8 Å². The van der Waals surface area contributed by atoms with E-state index in [4.69, 9.17) is 5.73 Å². The molecule has 0 radical (unpaired) electrons. The van der Waals surface area contributed by atoms with Gasteiger partial charge in [-0.25, -0.2) is 18.7 Å². The summed E-state index contributed by atoms with van der Waals surface area (Å²) >= 11 is 1.39. The van der Waals surface area contributed by atoms with Gasteiger partial charge in [-0.3, -0.25) is 0 Å².